The summed E-state index contributed by atoms with van der Waals surface area (Å²) in [6.45, 7) is 0.575. The summed E-state index contributed by atoms with van der Waals surface area (Å²) in [6, 6.07) is 4.71. The fourth-order valence-electron chi connectivity index (χ4n) is 1.95. The van der Waals surface area contributed by atoms with Crippen molar-refractivity contribution in [2.75, 3.05) is 18.6 Å². The fraction of sp³-hybridized carbons (Fsp3) is 0.333. The zero-order chi connectivity index (χ0) is 12.4. The summed E-state index contributed by atoms with van der Waals surface area (Å²) in [6.07, 6.45) is 1.25. The lowest BCUT2D eigenvalue weighted by Gasteiger charge is -2.18. The lowest BCUT2D eigenvalue weighted by Crippen LogP contribution is -2.25. The van der Waals surface area contributed by atoms with Crippen LogP contribution in [0.5, 0.6) is 5.75 Å². The van der Waals surface area contributed by atoms with E-state index in [1.54, 1.807) is 12.1 Å². The smallest absolute Gasteiger partial charge is 0.337 e. The highest BCUT2D eigenvalue weighted by Gasteiger charge is 2.26. The monoisotopic (exact) mass is 235 g/mol. The lowest BCUT2D eigenvalue weighted by atomic mass is 10.1. The number of ether oxygens (including phenoxy) is 1. The van der Waals surface area contributed by atoms with E-state index in [4.69, 9.17) is 9.84 Å². The quantitative estimate of drug-likeness (QED) is 0.862. The van der Waals surface area contributed by atoms with Crippen LogP contribution in [0.25, 0.3) is 0 Å². The van der Waals surface area contributed by atoms with Gasteiger partial charge in [-0.05, 0) is 24.6 Å². The molecule has 1 aromatic rings. The van der Waals surface area contributed by atoms with Crippen LogP contribution in [0.2, 0.25) is 0 Å². The molecule has 1 heterocycles. The number of carbonyl (C=O) groups excluding carboxylic acids is 1. The molecule has 1 saturated heterocycles. The average molecular weight is 235 g/mol. The van der Waals surface area contributed by atoms with Crippen molar-refractivity contribution in [3.8, 4) is 5.75 Å². The first-order valence-electron chi connectivity index (χ1n) is 5.35. The van der Waals surface area contributed by atoms with Gasteiger partial charge >= 0.3 is 5.97 Å². The van der Waals surface area contributed by atoms with Crippen LogP contribution in [0.3, 0.4) is 0 Å². The molecular formula is C12H13NO4. The van der Waals surface area contributed by atoms with E-state index in [1.807, 2.05) is 0 Å². The van der Waals surface area contributed by atoms with Gasteiger partial charge in [-0.2, -0.15) is 0 Å². The number of nitrogens with zero attached hydrogens (tertiary/aromatic N) is 1. The first-order chi connectivity index (χ1) is 8.13. The van der Waals surface area contributed by atoms with Crippen molar-refractivity contribution in [1.29, 1.82) is 0 Å². The molecule has 1 aliphatic rings. The molecule has 5 nitrogen and oxygen atoms in total. The zero-order valence-corrected chi connectivity index (χ0v) is 9.47. The Morgan fingerprint density at radius 3 is 2.76 bits per heavy atom. The number of hydrogen-bond acceptors (Lipinski definition) is 3. The molecule has 1 N–H and O–H groups in total. The van der Waals surface area contributed by atoms with E-state index >= 15 is 0 Å². The van der Waals surface area contributed by atoms with Crippen LogP contribution < -0.4 is 9.64 Å². The van der Waals surface area contributed by atoms with Gasteiger partial charge in [0.2, 0.25) is 5.91 Å². The Labute approximate surface area is 98.6 Å². The Balaban J connectivity index is 2.45. The number of amides is 1. The van der Waals surface area contributed by atoms with Gasteiger partial charge in [0.05, 0.1) is 18.4 Å². The van der Waals surface area contributed by atoms with Crippen LogP contribution >= 0.6 is 0 Å². The molecule has 2 rings (SSSR count). The largest absolute Gasteiger partial charge is 0.497 e. The molecule has 0 aromatic heterocycles. The second kappa shape index (κ2) is 4.45. The highest BCUT2D eigenvalue weighted by Crippen LogP contribution is 2.28. The highest BCUT2D eigenvalue weighted by molar-refractivity contribution is 6.03. The van der Waals surface area contributed by atoms with Gasteiger partial charge in [-0.3, -0.25) is 4.79 Å². The second-order valence-corrected chi connectivity index (χ2v) is 3.84. The van der Waals surface area contributed by atoms with E-state index in [0.717, 1.165) is 6.42 Å². The van der Waals surface area contributed by atoms with Crippen LogP contribution in [0.15, 0.2) is 18.2 Å². The minimum absolute atomic E-state index is 0.0299. The minimum atomic E-state index is -1.06. The summed E-state index contributed by atoms with van der Waals surface area (Å²) in [5.74, 6) is -0.617. The van der Waals surface area contributed by atoms with Gasteiger partial charge in [0.25, 0.3) is 0 Å². The van der Waals surface area contributed by atoms with E-state index in [2.05, 4.69) is 0 Å². The van der Waals surface area contributed by atoms with Crippen molar-refractivity contribution in [3.63, 3.8) is 0 Å². The molecule has 1 amide bonds. The third-order valence-electron chi connectivity index (χ3n) is 2.80. The average Bonchev–Trinajstić information content (AvgIpc) is 2.74. The number of benzene rings is 1. The number of hydrogen-bond donors (Lipinski definition) is 1. The molecule has 1 aromatic carbocycles. The van der Waals surface area contributed by atoms with Crippen molar-refractivity contribution in [2.45, 2.75) is 12.8 Å². The first-order valence-corrected chi connectivity index (χ1v) is 5.35. The minimum Gasteiger partial charge on any atom is -0.497 e. The molecule has 0 bridgehead atoms. The zero-order valence-electron chi connectivity index (χ0n) is 9.47. The molecule has 0 radical (unpaired) electrons. The fourth-order valence-corrected chi connectivity index (χ4v) is 1.95. The SMILES string of the molecule is COc1ccc(N2CCCC2=O)c(C(=O)O)c1. The van der Waals surface area contributed by atoms with E-state index < -0.39 is 5.97 Å². The topological polar surface area (TPSA) is 66.8 Å². The summed E-state index contributed by atoms with van der Waals surface area (Å²) in [5.41, 5.74) is 0.542. The van der Waals surface area contributed by atoms with Crippen molar-refractivity contribution >= 4 is 17.6 Å². The van der Waals surface area contributed by atoms with Gasteiger partial charge < -0.3 is 14.7 Å². The van der Waals surface area contributed by atoms with Crippen molar-refractivity contribution in [3.05, 3.63) is 23.8 Å². The lowest BCUT2D eigenvalue weighted by molar-refractivity contribution is -0.117. The summed E-state index contributed by atoms with van der Waals surface area (Å²) in [4.78, 5) is 24.3. The molecule has 1 fully saturated rings. The van der Waals surface area contributed by atoms with Crippen molar-refractivity contribution in [1.82, 2.24) is 0 Å². The Kier molecular flexibility index (Phi) is 2.99. The number of carbonyl (C=O) groups is 2. The maximum Gasteiger partial charge on any atom is 0.337 e. The van der Waals surface area contributed by atoms with Gasteiger partial charge in [0, 0.05) is 13.0 Å². The van der Waals surface area contributed by atoms with Crippen molar-refractivity contribution < 1.29 is 19.4 Å². The highest BCUT2D eigenvalue weighted by atomic mass is 16.5. The molecule has 5 heteroatoms. The molecule has 17 heavy (non-hydrogen) atoms. The van der Waals surface area contributed by atoms with E-state index in [0.29, 0.717) is 24.4 Å². The standard InChI is InChI=1S/C12H13NO4/c1-17-8-4-5-10(9(7-8)12(15)16)13-6-2-3-11(13)14/h4-5,7H,2-3,6H2,1H3,(H,15,16). The maximum atomic E-state index is 11.6. The van der Waals surface area contributed by atoms with Crippen LogP contribution in [-0.2, 0) is 4.79 Å². The Hall–Kier alpha value is -2.04. The van der Waals surface area contributed by atoms with Gasteiger partial charge in [0.15, 0.2) is 0 Å². The Bertz CT molecular complexity index is 470. The predicted octanol–water partition coefficient (Wildman–Crippen LogP) is 1.52. The van der Waals surface area contributed by atoms with E-state index in [1.165, 1.54) is 18.1 Å². The number of rotatable bonds is 3. The number of carboxylic acids is 1. The Morgan fingerprint density at radius 2 is 2.24 bits per heavy atom. The first kappa shape index (κ1) is 11.4. The molecule has 90 valence electrons. The number of methoxy groups -OCH3 is 1. The third-order valence-corrected chi connectivity index (χ3v) is 2.80. The molecular weight excluding hydrogens is 222 g/mol. The second-order valence-electron chi connectivity index (χ2n) is 3.84. The van der Waals surface area contributed by atoms with Crippen LogP contribution in [0.4, 0.5) is 5.69 Å². The molecule has 0 spiro atoms. The third kappa shape index (κ3) is 2.08. The van der Waals surface area contributed by atoms with Crippen LogP contribution in [-0.4, -0.2) is 30.6 Å². The summed E-state index contributed by atoms with van der Waals surface area (Å²) < 4.78 is 4.98. The summed E-state index contributed by atoms with van der Waals surface area (Å²) in [7, 11) is 1.47. The molecule has 0 saturated carbocycles. The number of anilines is 1. The Morgan fingerprint density at radius 1 is 1.47 bits per heavy atom. The van der Waals surface area contributed by atoms with E-state index in [-0.39, 0.29) is 11.5 Å². The van der Waals surface area contributed by atoms with Crippen molar-refractivity contribution in [2.24, 2.45) is 0 Å². The molecule has 1 aliphatic heterocycles. The van der Waals surface area contributed by atoms with E-state index in [9.17, 15) is 9.59 Å². The maximum absolute atomic E-state index is 11.6. The predicted molar refractivity (Wildman–Crippen MR) is 61.5 cm³/mol. The molecule has 0 aliphatic carbocycles. The van der Waals surface area contributed by atoms with Gasteiger partial charge in [0.1, 0.15) is 5.75 Å². The number of carboxylic acid groups (broad SMARTS) is 1. The van der Waals surface area contributed by atoms with Gasteiger partial charge in [-0.15, -0.1) is 0 Å². The molecule has 0 atom stereocenters. The van der Waals surface area contributed by atoms with Crippen LogP contribution in [0.1, 0.15) is 23.2 Å². The summed E-state index contributed by atoms with van der Waals surface area (Å²) >= 11 is 0. The summed E-state index contributed by atoms with van der Waals surface area (Å²) in [5, 5.41) is 9.14. The van der Waals surface area contributed by atoms with Gasteiger partial charge in [-0.1, -0.05) is 0 Å². The number of aromatic carboxylic acids is 1. The van der Waals surface area contributed by atoms with Gasteiger partial charge in [-0.25, -0.2) is 4.79 Å². The van der Waals surface area contributed by atoms with Crippen LogP contribution in [0, 0.1) is 0 Å². The normalized spacial score (nSPS) is 15.1. The molecule has 0 unspecified atom stereocenters.